The van der Waals surface area contributed by atoms with Crippen LogP contribution in [0.1, 0.15) is 117 Å². The third-order valence-electron chi connectivity index (χ3n) is 5.45. The molecule has 0 atom stereocenters. The van der Waals surface area contributed by atoms with Crippen LogP contribution in [0.2, 0.25) is 0 Å². The van der Waals surface area contributed by atoms with Crippen LogP contribution in [-0.4, -0.2) is 30.4 Å². The Morgan fingerprint density at radius 3 is 1.46 bits per heavy atom. The molecular weight excluding hydrogens is 292 g/mol. The number of unbranched alkanes of at least 4 members (excludes halogenated alkanes) is 15. The first-order chi connectivity index (χ1) is 11.8. The van der Waals surface area contributed by atoms with Gasteiger partial charge >= 0.3 is 0 Å². The third kappa shape index (κ3) is 11.9. The summed E-state index contributed by atoms with van der Waals surface area (Å²) >= 11 is 0. The van der Waals surface area contributed by atoms with Gasteiger partial charge in [-0.05, 0) is 13.3 Å². The summed E-state index contributed by atoms with van der Waals surface area (Å²) in [4.78, 5) is 6.90. The van der Waals surface area contributed by atoms with Crippen LogP contribution in [0, 0.1) is 0 Å². The Labute approximate surface area is 152 Å². The van der Waals surface area contributed by atoms with E-state index in [0.29, 0.717) is 0 Å². The zero-order valence-electron chi connectivity index (χ0n) is 16.8. The maximum absolute atomic E-state index is 4.45. The molecule has 0 saturated heterocycles. The minimum absolute atomic E-state index is 1.02. The van der Waals surface area contributed by atoms with Crippen molar-refractivity contribution in [2.75, 3.05) is 19.6 Å². The van der Waals surface area contributed by atoms with Gasteiger partial charge in [0.2, 0.25) is 0 Å². The summed E-state index contributed by atoms with van der Waals surface area (Å²) in [6, 6.07) is 0. The van der Waals surface area contributed by atoms with Crippen molar-refractivity contribution in [2.24, 2.45) is 4.99 Å². The van der Waals surface area contributed by atoms with Crippen molar-refractivity contribution in [3.05, 3.63) is 0 Å². The normalized spacial score (nSPS) is 14.4. The van der Waals surface area contributed by atoms with Crippen molar-refractivity contribution < 1.29 is 0 Å². The van der Waals surface area contributed by atoms with Gasteiger partial charge in [-0.25, -0.2) is 0 Å². The second kappa shape index (κ2) is 16.0. The van der Waals surface area contributed by atoms with Crippen molar-refractivity contribution in [1.29, 1.82) is 0 Å². The smallest absolute Gasteiger partial charge is 0.0958 e. The van der Waals surface area contributed by atoms with Crippen LogP contribution < -0.4 is 0 Å². The second-order valence-electron chi connectivity index (χ2n) is 7.72. The van der Waals surface area contributed by atoms with Crippen molar-refractivity contribution in [3.8, 4) is 0 Å². The van der Waals surface area contributed by atoms with E-state index in [1.54, 1.807) is 0 Å². The molecule has 1 heterocycles. The Balaban J connectivity index is 1.68. The highest BCUT2D eigenvalue weighted by Crippen LogP contribution is 2.14. The fraction of sp³-hybridized carbons (Fsp3) is 0.955. The van der Waals surface area contributed by atoms with Gasteiger partial charge in [0.05, 0.1) is 12.4 Å². The summed E-state index contributed by atoms with van der Waals surface area (Å²) in [6.07, 6.45) is 23.2. The fourth-order valence-corrected chi connectivity index (χ4v) is 3.72. The highest BCUT2D eigenvalue weighted by Gasteiger charge is 2.10. The van der Waals surface area contributed by atoms with Gasteiger partial charge in [0.1, 0.15) is 0 Å². The Morgan fingerprint density at radius 1 is 0.667 bits per heavy atom. The summed E-state index contributed by atoms with van der Waals surface area (Å²) < 4.78 is 0. The average molecular weight is 337 g/mol. The average Bonchev–Trinajstić information content (AvgIpc) is 2.99. The number of rotatable bonds is 17. The monoisotopic (exact) mass is 336 g/mol. The van der Waals surface area contributed by atoms with Crippen LogP contribution in [0.5, 0.6) is 0 Å². The number of nitrogens with zero attached hydrogens (tertiary/aromatic N) is 2. The molecule has 1 aliphatic heterocycles. The molecular formula is C22H44N2. The van der Waals surface area contributed by atoms with Crippen LogP contribution in [0.25, 0.3) is 0 Å². The third-order valence-corrected chi connectivity index (χ3v) is 5.45. The molecule has 0 amide bonds. The van der Waals surface area contributed by atoms with Crippen molar-refractivity contribution in [3.63, 3.8) is 0 Å². The van der Waals surface area contributed by atoms with E-state index >= 15 is 0 Å². The lowest BCUT2D eigenvalue weighted by Crippen LogP contribution is -2.26. The second-order valence-corrected chi connectivity index (χ2v) is 7.72. The molecule has 2 nitrogen and oxygen atoms in total. The van der Waals surface area contributed by atoms with Crippen LogP contribution in [0.3, 0.4) is 0 Å². The van der Waals surface area contributed by atoms with Gasteiger partial charge in [0.25, 0.3) is 0 Å². The molecule has 0 unspecified atom stereocenters. The van der Waals surface area contributed by atoms with Crippen molar-refractivity contribution in [2.45, 2.75) is 117 Å². The molecule has 24 heavy (non-hydrogen) atoms. The number of amidine groups is 1. The summed E-state index contributed by atoms with van der Waals surface area (Å²) in [5.74, 6) is 1.26. The molecule has 1 aliphatic rings. The number of hydrogen-bond acceptors (Lipinski definition) is 2. The maximum Gasteiger partial charge on any atom is 0.0958 e. The summed E-state index contributed by atoms with van der Waals surface area (Å²) in [7, 11) is 0. The number of hydrogen-bond donors (Lipinski definition) is 0. The minimum Gasteiger partial charge on any atom is -0.359 e. The SMILES string of the molecule is CCCCCCCCCCCCCCCCCCN1CCN=C1C. The van der Waals surface area contributed by atoms with Gasteiger partial charge in [0, 0.05) is 13.1 Å². The molecule has 0 fully saturated rings. The Hall–Kier alpha value is -0.530. The Bertz CT molecular complexity index is 298. The van der Waals surface area contributed by atoms with Crippen LogP contribution in [0.4, 0.5) is 0 Å². The first-order valence-corrected chi connectivity index (χ1v) is 11.1. The first kappa shape index (κ1) is 21.5. The lowest BCUT2D eigenvalue weighted by molar-refractivity contribution is 0.428. The predicted octanol–water partition coefficient (Wildman–Crippen LogP) is 6.98. The van der Waals surface area contributed by atoms with E-state index in [9.17, 15) is 0 Å². The van der Waals surface area contributed by atoms with E-state index in [1.807, 2.05) is 0 Å². The maximum atomic E-state index is 4.45. The lowest BCUT2D eigenvalue weighted by Gasteiger charge is -2.17. The zero-order valence-corrected chi connectivity index (χ0v) is 16.8. The quantitative estimate of drug-likeness (QED) is 0.261. The van der Waals surface area contributed by atoms with Crippen LogP contribution in [0.15, 0.2) is 4.99 Å². The first-order valence-electron chi connectivity index (χ1n) is 11.1. The minimum atomic E-state index is 1.02. The molecule has 0 aromatic heterocycles. The van der Waals surface area contributed by atoms with Gasteiger partial charge in [-0.1, -0.05) is 103 Å². The van der Waals surface area contributed by atoms with Gasteiger partial charge in [-0.2, -0.15) is 0 Å². The standard InChI is InChI=1S/C22H44N2/c1-3-4-5-6-7-8-9-10-11-12-13-14-15-16-17-18-20-24-21-19-23-22(24)2/h3-21H2,1-2H3. The summed E-state index contributed by atoms with van der Waals surface area (Å²) in [5.41, 5.74) is 0. The molecule has 0 radical (unpaired) electrons. The Kier molecular flexibility index (Phi) is 14.3. The van der Waals surface area contributed by atoms with Crippen LogP contribution in [-0.2, 0) is 0 Å². The molecule has 2 heteroatoms. The van der Waals surface area contributed by atoms with Crippen LogP contribution >= 0.6 is 0 Å². The van der Waals surface area contributed by atoms with E-state index in [1.165, 1.54) is 115 Å². The van der Waals surface area contributed by atoms with Gasteiger partial charge in [0.15, 0.2) is 0 Å². The molecule has 0 N–H and O–H groups in total. The molecule has 0 aromatic carbocycles. The van der Waals surface area contributed by atoms with Gasteiger partial charge in [-0.3, -0.25) is 4.99 Å². The van der Waals surface area contributed by atoms with E-state index in [0.717, 1.165) is 13.1 Å². The van der Waals surface area contributed by atoms with Crippen molar-refractivity contribution >= 4 is 5.84 Å². The topological polar surface area (TPSA) is 15.6 Å². The fourth-order valence-electron chi connectivity index (χ4n) is 3.72. The summed E-state index contributed by atoms with van der Waals surface area (Å²) in [5, 5.41) is 0. The Morgan fingerprint density at radius 2 is 1.08 bits per heavy atom. The van der Waals surface area contributed by atoms with Gasteiger partial charge < -0.3 is 4.90 Å². The van der Waals surface area contributed by atoms with E-state index in [4.69, 9.17) is 0 Å². The van der Waals surface area contributed by atoms with Crippen molar-refractivity contribution in [1.82, 2.24) is 4.90 Å². The molecule has 0 saturated carbocycles. The predicted molar refractivity (Wildman–Crippen MR) is 109 cm³/mol. The van der Waals surface area contributed by atoms with E-state index in [-0.39, 0.29) is 0 Å². The molecule has 1 rings (SSSR count). The zero-order chi connectivity index (χ0) is 17.3. The number of aliphatic imine (C=N–C) groups is 1. The largest absolute Gasteiger partial charge is 0.359 e. The van der Waals surface area contributed by atoms with E-state index < -0.39 is 0 Å². The molecule has 0 bridgehead atoms. The van der Waals surface area contributed by atoms with Gasteiger partial charge in [-0.15, -0.1) is 0 Å². The highest BCUT2D eigenvalue weighted by atomic mass is 15.2. The molecule has 0 aromatic rings. The molecule has 142 valence electrons. The summed E-state index contributed by atoms with van der Waals surface area (Å²) in [6.45, 7) is 7.85. The van der Waals surface area contributed by atoms with E-state index in [2.05, 4.69) is 23.7 Å². The lowest BCUT2D eigenvalue weighted by atomic mass is 10.0. The molecule has 0 spiro atoms. The molecule has 0 aliphatic carbocycles. The highest BCUT2D eigenvalue weighted by molar-refractivity contribution is 5.81.